The first kappa shape index (κ1) is 12.3. The number of fused-ring (bicyclic) bond motifs is 1. The van der Waals surface area contributed by atoms with E-state index in [-0.39, 0.29) is 11.8 Å². The largest absolute Gasteiger partial charge is 0.486 e. The van der Waals surface area contributed by atoms with Crippen molar-refractivity contribution < 1.29 is 14.7 Å². The van der Waals surface area contributed by atoms with Crippen LogP contribution in [0.4, 0.5) is 5.69 Å². The minimum absolute atomic E-state index is 0.0526. The van der Waals surface area contributed by atoms with Gasteiger partial charge in [-0.3, -0.25) is 0 Å². The van der Waals surface area contributed by atoms with Crippen LogP contribution in [0.25, 0.3) is 0 Å². The van der Waals surface area contributed by atoms with Gasteiger partial charge in [0.2, 0.25) is 0 Å². The van der Waals surface area contributed by atoms with E-state index < -0.39 is 0 Å². The van der Waals surface area contributed by atoms with E-state index >= 15 is 0 Å². The topological polar surface area (TPSA) is 89.1 Å². The monoisotopic (exact) mass is 251 g/mol. The normalized spacial score (nSPS) is 16.2. The van der Waals surface area contributed by atoms with Crippen molar-refractivity contribution in [1.29, 1.82) is 0 Å². The van der Waals surface area contributed by atoms with Crippen molar-refractivity contribution in [3.63, 3.8) is 0 Å². The van der Waals surface area contributed by atoms with Crippen LogP contribution in [0.2, 0.25) is 0 Å². The Kier molecular flexibility index (Phi) is 3.76. The number of hydrogen-bond acceptors (Lipinski definition) is 5. The smallest absolute Gasteiger partial charge is 0.163 e. The summed E-state index contributed by atoms with van der Waals surface area (Å²) in [6.45, 7) is 3.60. The average Bonchev–Trinajstić information content (AvgIpc) is 2.43. The molecule has 0 saturated heterocycles. The quantitative estimate of drug-likeness (QED) is 0.324. The van der Waals surface area contributed by atoms with E-state index in [1.165, 1.54) is 0 Å². The van der Waals surface area contributed by atoms with Gasteiger partial charge in [-0.2, -0.15) is 0 Å². The highest BCUT2D eigenvalue weighted by Gasteiger charge is 2.12. The van der Waals surface area contributed by atoms with Crippen LogP contribution in [0.5, 0.6) is 11.5 Å². The summed E-state index contributed by atoms with van der Waals surface area (Å²) >= 11 is 0. The Labute approximate surface area is 105 Å². The third-order valence-electron chi connectivity index (χ3n) is 2.77. The van der Waals surface area contributed by atoms with Crippen molar-refractivity contribution in [3.8, 4) is 11.5 Å². The van der Waals surface area contributed by atoms with Gasteiger partial charge in [0.25, 0.3) is 0 Å². The highest BCUT2D eigenvalue weighted by molar-refractivity contribution is 5.82. The molecule has 1 aliphatic heterocycles. The molecule has 0 amide bonds. The van der Waals surface area contributed by atoms with Crippen molar-refractivity contribution in [2.45, 2.75) is 6.92 Å². The first-order valence-corrected chi connectivity index (χ1v) is 5.81. The van der Waals surface area contributed by atoms with E-state index in [4.69, 9.17) is 20.4 Å². The molecule has 4 N–H and O–H groups in total. The number of nitrogens with two attached hydrogens (primary N) is 1. The molecule has 0 bridgehead atoms. The molecule has 6 heteroatoms. The second kappa shape index (κ2) is 5.48. The molecule has 1 aliphatic rings. The molecule has 2 rings (SSSR count). The maximum Gasteiger partial charge on any atom is 0.163 e. The van der Waals surface area contributed by atoms with Gasteiger partial charge in [0.15, 0.2) is 11.5 Å². The molecule has 1 heterocycles. The summed E-state index contributed by atoms with van der Waals surface area (Å²) in [6, 6.07) is 5.66. The molecule has 0 aromatic heterocycles. The lowest BCUT2D eigenvalue weighted by Crippen LogP contribution is -2.27. The van der Waals surface area contributed by atoms with Gasteiger partial charge in [-0.25, -0.2) is 0 Å². The van der Waals surface area contributed by atoms with E-state index in [1.54, 1.807) is 0 Å². The number of benzene rings is 1. The number of hydrogen-bond donors (Lipinski definition) is 3. The van der Waals surface area contributed by atoms with E-state index in [0.29, 0.717) is 19.8 Å². The predicted octanol–water partition coefficient (Wildman–Crippen LogP) is 1.25. The zero-order chi connectivity index (χ0) is 13.0. The molecule has 0 fully saturated rings. The number of anilines is 1. The maximum atomic E-state index is 8.56. The Morgan fingerprint density at radius 3 is 2.89 bits per heavy atom. The van der Waals surface area contributed by atoms with Gasteiger partial charge in [-0.15, -0.1) is 0 Å². The third-order valence-corrected chi connectivity index (χ3v) is 2.77. The molecule has 0 saturated carbocycles. The zero-order valence-corrected chi connectivity index (χ0v) is 10.2. The lowest BCUT2D eigenvalue weighted by atomic mass is 10.1. The molecule has 0 spiro atoms. The van der Waals surface area contributed by atoms with Crippen LogP contribution in [-0.2, 0) is 0 Å². The van der Waals surface area contributed by atoms with Gasteiger partial charge in [-0.05, 0) is 12.1 Å². The van der Waals surface area contributed by atoms with E-state index in [0.717, 1.165) is 17.2 Å². The first-order chi connectivity index (χ1) is 8.70. The maximum absolute atomic E-state index is 8.56. The lowest BCUT2D eigenvalue weighted by molar-refractivity contribution is 0.171. The highest BCUT2D eigenvalue weighted by atomic mass is 16.6. The number of rotatable bonds is 4. The van der Waals surface area contributed by atoms with Crippen LogP contribution < -0.4 is 20.5 Å². The minimum Gasteiger partial charge on any atom is -0.486 e. The highest BCUT2D eigenvalue weighted by Crippen LogP contribution is 2.32. The fraction of sp³-hybridized carbons (Fsp3) is 0.417. The van der Waals surface area contributed by atoms with Crippen LogP contribution in [0.15, 0.2) is 23.4 Å². The summed E-state index contributed by atoms with van der Waals surface area (Å²) in [5, 5.41) is 14.7. The van der Waals surface area contributed by atoms with Crippen LogP contribution in [-0.4, -0.2) is 30.8 Å². The van der Waals surface area contributed by atoms with E-state index in [9.17, 15) is 0 Å². The van der Waals surface area contributed by atoms with Crippen LogP contribution in [0, 0.1) is 5.92 Å². The summed E-state index contributed by atoms with van der Waals surface area (Å²) in [5.74, 6) is 1.65. The Morgan fingerprint density at radius 1 is 1.44 bits per heavy atom. The SMILES string of the molecule is CC(CNc1ccc2c(c1)OCCO2)C(N)=NO. The van der Waals surface area contributed by atoms with Gasteiger partial charge >= 0.3 is 0 Å². The Bertz CT molecular complexity index is 448. The minimum atomic E-state index is -0.0526. The average molecular weight is 251 g/mol. The van der Waals surface area contributed by atoms with Gasteiger partial charge in [0.1, 0.15) is 19.0 Å². The summed E-state index contributed by atoms with van der Waals surface area (Å²) in [4.78, 5) is 0. The lowest BCUT2D eigenvalue weighted by Gasteiger charge is -2.19. The Morgan fingerprint density at radius 2 is 2.17 bits per heavy atom. The van der Waals surface area contributed by atoms with Crippen molar-refractivity contribution in [2.75, 3.05) is 25.1 Å². The molecule has 0 aliphatic carbocycles. The second-order valence-electron chi connectivity index (χ2n) is 4.17. The molecular weight excluding hydrogens is 234 g/mol. The summed E-state index contributed by atoms with van der Waals surface area (Å²) in [6.07, 6.45) is 0. The van der Waals surface area contributed by atoms with Crippen LogP contribution in [0.1, 0.15) is 6.92 Å². The molecule has 98 valence electrons. The first-order valence-electron chi connectivity index (χ1n) is 5.81. The number of ether oxygens (including phenoxy) is 2. The number of oxime groups is 1. The second-order valence-corrected chi connectivity index (χ2v) is 4.17. The number of amidine groups is 1. The van der Waals surface area contributed by atoms with Crippen LogP contribution in [0.3, 0.4) is 0 Å². The summed E-state index contributed by atoms with van der Waals surface area (Å²) in [7, 11) is 0. The van der Waals surface area contributed by atoms with Gasteiger partial charge < -0.3 is 25.7 Å². The molecule has 18 heavy (non-hydrogen) atoms. The molecule has 1 aromatic rings. The fourth-order valence-electron chi connectivity index (χ4n) is 1.63. The summed E-state index contributed by atoms with van der Waals surface area (Å²) < 4.78 is 10.9. The van der Waals surface area contributed by atoms with Gasteiger partial charge in [0.05, 0.1) is 0 Å². The Balaban J connectivity index is 1.98. The van der Waals surface area contributed by atoms with Crippen molar-refractivity contribution in [2.24, 2.45) is 16.8 Å². The predicted molar refractivity (Wildman–Crippen MR) is 68.5 cm³/mol. The van der Waals surface area contributed by atoms with E-state index in [2.05, 4.69) is 10.5 Å². The Hall–Kier alpha value is -2.11. The van der Waals surface area contributed by atoms with Crippen molar-refractivity contribution in [1.82, 2.24) is 0 Å². The van der Waals surface area contributed by atoms with Crippen LogP contribution >= 0.6 is 0 Å². The standard InChI is InChI=1S/C12H17N3O3/c1-8(12(13)15-16)7-14-9-2-3-10-11(6-9)18-5-4-17-10/h2-3,6,8,14,16H,4-5,7H2,1H3,(H2,13,15). The molecule has 1 aromatic carbocycles. The molecule has 1 atom stereocenters. The van der Waals surface area contributed by atoms with Crippen molar-refractivity contribution >= 4 is 11.5 Å². The zero-order valence-electron chi connectivity index (χ0n) is 10.2. The number of nitrogens with one attached hydrogen (secondary N) is 1. The molecular formula is C12H17N3O3. The van der Waals surface area contributed by atoms with E-state index in [1.807, 2.05) is 25.1 Å². The molecule has 6 nitrogen and oxygen atoms in total. The van der Waals surface area contributed by atoms with Gasteiger partial charge in [0, 0.05) is 24.2 Å². The summed E-state index contributed by atoms with van der Waals surface area (Å²) in [5.41, 5.74) is 6.42. The fourth-order valence-corrected chi connectivity index (χ4v) is 1.63. The van der Waals surface area contributed by atoms with Crippen molar-refractivity contribution in [3.05, 3.63) is 18.2 Å². The molecule has 1 unspecified atom stereocenters. The molecule has 0 radical (unpaired) electrons. The van der Waals surface area contributed by atoms with Gasteiger partial charge in [-0.1, -0.05) is 12.1 Å². The number of nitrogens with zero attached hydrogens (tertiary/aromatic N) is 1. The third kappa shape index (κ3) is 2.77.